The SMILES string of the molecule is Cc1ccc(Cl)cc1N1CCN(C(=O)[C@@H]2CCCN2C)CC1. The highest BCUT2D eigenvalue weighted by molar-refractivity contribution is 6.30. The first kappa shape index (κ1) is 15.6. The molecule has 0 bridgehead atoms. The minimum atomic E-state index is 0.0967. The Morgan fingerprint density at radius 1 is 1.18 bits per heavy atom. The normalized spacial score (nSPS) is 23.1. The summed E-state index contributed by atoms with van der Waals surface area (Å²) in [6.45, 7) is 6.51. The third kappa shape index (κ3) is 3.08. The average molecular weight is 322 g/mol. The largest absolute Gasteiger partial charge is 0.368 e. The summed E-state index contributed by atoms with van der Waals surface area (Å²) in [5.41, 5.74) is 2.43. The summed E-state index contributed by atoms with van der Waals surface area (Å²) < 4.78 is 0. The molecular weight excluding hydrogens is 298 g/mol. The lowest BCUT2D eigenvalue weighted by atomic mass is 10.1. The van der Waals surface area contributed by atoms with Crippen LogP contribution in [0.25, 0.3) is 0 Å². The van der Waals surface area contributed by atoms with Crippen LogP contribution < -0.4 is 4.90 Å². The number of halogens is 1. The lowest BCUT2D eigenvalue weighted by molar-refractivity contribution is -0.135. The first-order valence-corrected chi connectivity index (χ1v) is 8.44. The van der Waals surface area contributed by atoms with E-state index in [4.69, 9.17) is 11.6 Å². The molecule has 1 aromatic carbocycles. The third-order valence-electron chi connectivity index (χ3n) is 4.91. The molecule has 2 aliphatic heterocycles. The summed E-state index contributed by atoms with van der Waals surface area (Å²) >= 11 is 6.12. The van der Waals surface area contributed by atoms with E-state index in [1.165, 1.54) is 11.3 Å². The van der Waals surface area contributed by atoms with Gasteiger partial charge >= 0.3 is 0 Å². The number of benzene rings is 1. The number of likely N-dealkylation sites (tertiary alicyclic amines) is 1. The number of nitrogens with zero attached hydrogens (tertiary/aromatic N) is 3. The van der Waals surface area contributed by atoms with Crippen LogP contribution in [0.15, 0.2) is 18.2 Å². The number of rotatable bonds is 2. The van der Waals surface area contributed by atoms with Crippen LogP contribution in [-0.4, -0.2) is 61.5 Å². The quantitative estimate of drug-likeness (QED) is 0.837. The van der Waals surface area contributed by atoms with Crippen LogP contribution >= 0.6 is 11.6 Å². The summed E-state index contributed by atoms with van der Waals surface area (Å²) in [5.74, 6) is 0.308. The van der Waals surface area contributed by atoms with Gasteiger partial charge in [0, 0.05) is 36.9 Å². The number of hydrogen-bond donors (Lipinski definition) is 0. The molecule has 2 saturated heterocycles. The molecule has 0 radical (unpaired) electrons. The lowest BCUT2D eigenvalue weighted by Crippen LogP contribution is -2.53. The number of anilines is 1. The molecule has 0 aromatic heterocycles. The van der Waals surface area contributed by atoms with Gasteiger partial charge in [-0.15, -0.1) is 0 Å². The van der Waals surface area contributed by atoms with E-state index >= 15 is 0 Å². The summed E-state index contributed by atoms with van der Waals surface area (Å²) in [6, 6.07) is 6.11. The second-order valence-corrected chi connectivity index (χ2v) is 6.82. The van der Waals surface area contributed by atoms with Crippen LogP contribution in [0.5, 0.6) is 0 Å². The van der Waals surface area contributed by atoms with Gasteiger partial charge in [0.15, 0.2) is 0 Å². The molecule has 0 saturated carbocycles. The molecule has 1 amide bonds. The molecule has 0 aliphatic carbocycles. The van der Waals surface area contributed by atoms with E-state index in [1.807, 2.05) is 17.0 Å². The highest BCUT2D eigenvalue weighted by Crippen LogP contribution is 2.26. The van der Waals surface area contributed by atoms with Crippen molar-refractivity contribution in [2.24, 2.45) is 0 Å². The fraction of sp³-hybridized carbons (Fsp3) is 0.588. The summed E-state index contributed by atoms with van der Waals surface area (Å²) in [6.07, 6.45) is 2.14. The number of hydrogen-bond acceptors (Lipinski definition) is 3. The van der Waals surface area contributed by atoms with Crippen LogP contribution in [-0.2, 0) is 4.79 Å². The van der Waals surface area contributed by atoms with E-state index in [-0.39, 0.29) is 6.04 Å². The van der Waals surface area contributed by atoms with Crippen LogP contribution in [0.4, 0.5) is 5.69 Å². The third-order valence-corrected chi connectivity index (χ3v) is 5.14. The highest BCUT2D eigenvalue weighted by Gasteiger charge is 2.32. The Bertz CT molecular complexity index is 555. The van der Waals surface area contributed by atoms with Gasteiger partial charge in [0.05, 0.1) is 6.04 Å². The van der Waals surface area contributed by atoms with Crippen molar-refractivity contribution >= 4 is 23.2 Å². The molecule has 1 atom stereocenters. The van der Waals surface area contributed by atoms with Crippen molar-refractivity contribution in [1.82, 2.24) is 9.80 Å². The molecule has 0 spiro atoms. The number of amides is 1. The molecule has 120 valence electrons. The Morgan fingerprint density at radius 2 is 1.91 bits per heavy atom. The highest BCUT2D eigenvalue weighted by atomic mass is 35.5. The molecule has 5 heteroatoms. The number of carbonyl (C=O) groups is 1. The standard InChI is InChI=1S/C17H24ClN3O/c1-13-5-6-14(18)12-16(13)20-8-10-21(11-9-20)17(22)15-4-3-7-19(15)2/h5-6,12,15H,3-4,7-11H2,1-2H3/t15-/m0/s1. The van der Waals surface area contributed by atoms with Crippen molar-refractivity contribution in [3.63, 3.8) is 0 Å². The molecule has 4 nitrogen and oxygen atoms in total. The predicted octanol–water partition coefficient (Wildman–Crippen LogP) is 2.39. The fourth-order valence-corrected chi connectivity index (χ4v) is 3.69. The Balaban J connectivity index is 1.62. The summed E-state index contributed by atoms with van der Waals surface area (Å²) in [5, 5.41) is 0.770. The minimum absolute atomic E-state index is 0.0967. The van der Waals surface area contributed by atoms with E-state index in [9.17, 15) is 4.79 Å². The maximum atomic E-state index is 12.6. The first-order valence-electron chi connectivity index (χ1n) is 8.06. The van der Waals surface area contributed by atoms with E-state index < -0.39 is 0 Å². The molecule has 2 heterocycles. The van der Waals surface area contributed by atoms with E-state index in [0.29, 0.717) is 5.91 Å². The maximum Gasteiger partial charge on any atom is 0.240 e. The van der Waals surface area contributed by atoms with Crippen LogP contribution in [0.1, 0.15) is 18.4 Å². The Morgan fingerprint density at radius 3 is 2.55 bits per heavy atom. The van der Waals surface area contributed by atoms with Gasteiger partial charge in [0.2, 0.25) is 5.91 Å². The van der Waals surface area contributed by atoms with Crippen molar-refractivity contribution in [2.75, 3.05) is 44.7 Å². The van der Waals surface area contributed by atoms with Crippen molar-refractivity contribution in [3.8, 4) is 0 Å². The zero-order valence-corrected chi connectivity index (χ0v) is 14.1. The maximum absolute atomic E-state index is 12.6. The van der Waals surface area contributed by atoms with E-state index in [0.717, 1.165) is 50.6 Å². The summed E-state index contributed by atoms with van der Waals surface area (Å²) in [7, 11) is 2.06. The topological polar surface area (TPSA) is 26.8 Å². The van der Waals surface area contributed by atoms with E-state index in [2.05, 4.69) is 29.8 Å². The zero-order valence-electron chi connectivity index (χ0n) is 13.4. The van der Waals surface area contributed by atoms with Gasteiger partial charge in [-0.3, -0.25) is 9.69 Å². The molecule has 1 aromatic rings. The Labute approximate surface area is 137 Å². The van der Waals surface area contributed by atoms with Gasteiger partial charge in [-0.2, -0.15) is 0 Å². The van der Waals surface area contributed by atoms with Crippen LogP contribution in [0.2, 0.25) is 5.02 Å². The molecule has 3 rings (SSSR count). The molecule has 0 N–H and O–H groups in total. The molecule has 0 unspecified atom stereocenters. The molecule has 22 heavy (non-hydrogen) atoms. The fourth-order valence-electron chi connectivity index (χ4n) is 3.52. The monoisotopic (exact) mass is 321 g/mol. The number of likely N-dealkylation sites (N-methyl/N-ethyl adjacent to an activating group) is 1. The van der Waals surface area contributed by atoms with Crippen molar-refractivity contribution in [1.29, 1.82) is 0 Å². The Kier molecular flexibility index (Phi) is 4.59. The van der Waals surface area contributed by atoms with Crippen molar-refractivity contribution in [2.45, 2.75) is 25.8 Å². The van der Waals surface area contributed by atoms with E-state index in [1.54, 1.807) is 0 Å². The molecular formula is C17H24ClN3O. The van der Waals surface area contributed by atoms with Gasteiger partial charge in [-0.25, -0.2) is 0 Å². The lowest BCUT2D eigenvalue weighted by Gasteiger charge is -2.38. The van der Waals surface area contributed by atoms with Gasteiger partial charge in [-0.05, 0) is 51.1 Å². The van der Waals surface area contributed by atoms with Crippen molar-refractivity contribution < 1.29 is 4.79 Å². The molecule has 2 fully saturated rings. The summed E-state index contributed by atoms with van der Waals surface area (Å²) in [4.78, 5) is 19.2. The number of aryl methyl sites for hydroxylation is 1. The van der Waals surface area contributed by atoms with Crippen LogP contribution in [0, 0.1) is 6.92 Å². The first-order chi connectivity index (χ1) is 10.6. The number of carbonyl (C=O) groups excluding carboxylic acids is 1. The van der Waals surface area contributed by atoms with Gasteiger partial charge in [-0.1, -0.05) is 17.7 Å². The minimum Gasteiger partial charge on any atom is -0.368 e. The second kappa shape index (κ2) is 6.47. The number of piperazine rings is 1. The average Bonchev–Trinajstić information content (AvgIpc) is 2.95. The van der Waals surface area contributed by atoms with Gasteiger partial charge in [0.25, 0.3) is 0 Å². The molecule has 2 aliphatic rings. The van der Waals surface area contributed by atoms with Crippen molar-refractivity contribution in [3.05, 3.63) is 28.8 Å². The second-order valence-electron chi connectivity index (χ2n) is 6.38. The van der Waals surface area contributed by atoms with Gasteiger partial charge < -0.3 is 9.80 Å². The Hall–Kier alpha value is -1.26. The van der Waals surface area contributed by atoms with Gasteiger partial charge in [0.1, 0.15) is 0 Å². The zero-order chi connectivity index (χ0) is 15.7. The van der Waals surface area contributed by atoms with Crippen LogP contribution in [0.3, 0.4) is 0 Å². The predicted molar refractivity (Wildman–Crippen MR) is 90.6 cm³/mol. The smallest absolute Gasteiger partial charge is 0.240 e.